The van der Waals surface area contributed by atoms with E-state index in [1.807, 2.05) is 0 Å². The predicted octanol–water partition coefficient (Wildman–Crippen LogP) is -5.93. The van der Waals surface area contributed by atoms with Gasteiger partial charge in [-0.25, -0.2) is 0 Å². The molecule has 0 fully saturated rings. The van der Waals surface area contributed by atoms with E-state index in [4.69, 9.17) is 21.0 Å². The molecule has 0 spiro atoms. The molecule has 7 heteroatoms. The maximum absolute atomic E-state index is 8.10. The fourth-order valence-corrected chi connectivity index (χ4v) is 0.391. The standard InChI is InChI=1S/4CN.2Na.Ni/c4*1-2;;;/q;;;;2*+1;-2. The van der Waals surface area contributed by atoms with Crippen molar-refractivity contribution in [2.75, 3.05) is 0 Å². The summed E-state index contributed by atoms with van der Waals surface area (Å²) >= 11 is -3.03. The van der Waals surface area contributed by atoms with E-state index in [2.05, 4.69) is 0 Å². The largest absolute Gasteiger partial charge is 1.00 e. The Morgan fingerprint density at radius 1 is 0.636 bits per heavy atom. The normalized spacial score (nSPS) is 7.64. The summed E-state index contributed by atoms with van der Waals surface area (Å²) in [5.41, 5.74) is 0. The summed E-state index contributed by atoms with van der Waals surface area (Å²) in [6, 6.07) is 0. The fourth-order valence-electron chi connectivity index (χ4n) is 0.0949. The molecule has 0 unspecified atom stereocenters. The molecule has 0 aliphatic carbocycles. The number of rotatable bonds is 0. The van der Waals surface area contributed by atoms with Crippen LogP contribution in [0.2, 0.25) is 0 Å². The van der Waals surface area contributed by atoms with Crippen LogP contribution >= 0.6 is 0 Å². The first-order valence-electron chi connectivity index (χ1n) is 1.53. The molecule has 48 valence electrons. The van der Waals surface area contributed by atoms with Gasteiger partial charge in [-0.1, -0.05) is 0 Å². The second kappa shape index (κ2) is 8.55. The van der Waals surface area contributed by atoms with Crippen molar-refractivity contribution in [2.45, 2.75) is 0 Å². The van der Waals surface area contributed by atoms with Crippen LogP contribution in [0.15, 0.2) is 0 Å². The molecule has 0 saturated heterocycles. The van der Waals surface area contributed by atoms with E-state index in [0.29, 0.717) is 0 Å². The molecule has 0 heterocycles. The molecular formula is C4N4Na2Ni. The van der Waals surface area contributed by atoms with Crippen LogP contribution < -0.4 is 59.1 Å². The minimum Gasteiger partial charge on any atom is 1.00 e. The molecule has 0 aliphatic heterocycles. The second-order valence-corrected chi connectivity index (χ2v) is 3.12. The van der Waals surface area contributed by atoms with Crippen LogP contribution in [0.25, 0.3) is 0 Å². The van der Waals surface area contributed by atoms with Crippen LogP contribution in [-0.2, 0) is 12.4 Å². The maximum atomic E-state index is 8.10. The van der Waals surface area contributed by atoms with E-state index in [9.17, 15) is 0 Å². The van der Waals surface area contributed by atoms with Crippen molar-refractivity contribution in [3.8, 4) is 20.2 Å². The van der Waals surface area contributed by atoms with Gasteiger partial charge in [-0.05, 0) is 0 Å². The van der Waals surface area contributed by atoms with E-state index in [1.54, 1.807) is 0 Å². The van der Waals surface area contributed by atoms with Crippen molar-refractivity contribution in [2.24, 2.45) is 0 Å². The molecule has 0 rings (SSSR count). The molecular weight excluding hydrogens is 209 g/mol. The third-order valence-corrected chi connectivity index (χ3v) is 1.75. The van der Waals surface area contributed by atoms with Gasteiger partial charge in [0.25, 0.3) is 0 Å². The summed E-state index contributed by atoms with van der Waals surface area (Å²) in [4.78, 5) is 0. The van der Waals surface area contributed by atoms with E-state index in [1.165, 1.54) is 20.2 Å². The average molecular weight is 209 g/mol. The number of hydrogen-bond donors (Lipinski definition) is 0. The summed E-state index contributed by atoms with van der Waals surface area (Å²) in [6.45, 7) is 0. The molecule has 0 aromatic carbocycles. The number of hydrogen-bond acceptors (Lipinski definition) is 4. The Bertz CT molecular complexity index is 213. The van der Waals surface area contributed by atoms with Gasteiger partial charge >= 0.3 is 113 Å². The molecule has 0 amide bonds. The Kier molecular flexibility index (Phi) is 13.6. The number of nitriles is 4. The quantitative estimate of drug-likeness (QED) is 0.371. The molecule has 0 saturated carbocycles. The van der Waals surface area contributed by atoms with Gasteiger partial charge in [0.1, 0.15) is 0 Å². The van der Waals surface area contributed by atoms with Crippen LogP contribution in [0.3, 0.4) is 0 Å². The Hall–Kier alpha value is 0.454. The van der Waals surface area contributed by atoms with Crippen molar-refractivity contribution in [3.05, 3.63) is 0 Å². The summed E-state index contributed by atoms with van der Waals surface area (Å²) in [6.07, 6.45) is 0. The van der Waals surface area contributed by atoms with Crippen LogP contribution in [0, 0.1) is 41.2 Å². The third kappa shape index (κ3) is 4.82. The zero-order valence-electron chi connectivity index (χ0n) is 6.11. The van der Waals surface area contributed by atoms with Gasteiger partial charge in [0.2, 0.25) is 0 Å². The van der Waals surface area contributed by atoms with Gasteiger partial charge in [0, 0.05) is 0 Å². The Morgan fingerprint density at radius 3 is 0.818 bits per heavy atom. The van der Waals surface area contributed by atoms with E-state index in [-0.39, 0.29) is 59.1 Å². The van der Waals surface area contributed by atoms with Gasteiger partial charge in [0.15, 0.2) is 0 Å². The SMILES string of the molecule is N#[C][Ni-2]([C]#N)([C]#N)[C]#N.[Na+].[Na+]. The predicted molar refractivity (Wildman–Crippen MR) is 22.5 cm³/mol. The van der Waals surface area contributed by atoms with Crippen LogP contribution in [0.4, 0.5) is 0 Å². The van der Waals surface area contributed by atoms with E-state index >= 15 is 0 Å². The molecule has 0 aromatic heterocycles. The summed E-state index contributed by atoms with van der Waals surface area (Å²) in [5.74, 6) is 0. The molecule has 0 aromatic rings. The molecule has 4 nitrogen and oxygen atoms in total. The van der Waals surface area contributed by atoms with Gasteiger partial charge in [-0.15, -0.1) is 0 Å². The average Bonchev–Trinajstić information content (AvgIpc) is 1.95. The molecule has 0 radical (unpaired) electrons. The van der Waals surface area contributed by atoms with Crippen molar-refractivity contribution in [1.29, 1.82) is 21.0 Å². The minimum atomic E-state index is -3.03. The van der Waals surface area contributed by atoms with Gasteiger partial charge in [-0.2, -0.15) is 0 Å². The van der Waals surface area contributed by atoms with Gasteiger partial charge in [0.05, 0.1) is 0 Å². The first-order chi connectivity index (χ1) is 4.24. The first kappa shape index (κ1) is 17.5. The molecule has 0 N–H and O–H groups in total. The van der Waals surface area contributed by atoms with E-state index in [0.717, 1.165) is 0 Å². The number of nitrogens with zero attached hydrogens (tertiary/aromatic N) is 4. The van der Waals surface area contributed by atoms with Crippen LogP contribution in [-0.4, -0.2) is 0 Å². The van der Waals surface area contributed by atoms with Crippen molar-refractivity contribution in [1.82, 2.24) is 0 Å². The summed E-state index contributed by atoms with van der Waals surface area (Å²) in [7, 11) is 0. The topological polar surface area (TPSA) is 95.2 Å². The van der Waals surface area contributed by atoms with Gasteiger partial charge in [-0.3, -0.25) is 0 Å². The van der Waals surface area contributed by atoms with Crippen LogP contribution in [0.5, 0.6) is 0 Å². The Morgan fingerprint density at radius 2 is 0.818 bits per heavy atom. The molecule has 11 heavy (non-hydrogen) atoms. The van der Waals surface area contributed by atoms with Crippen molar-refractivity contribution in [3.63, 3.8) is 0 Å². The summed E-state index contributed by atoms with van der Waals surface area (Å²) < 4.78 is 0. The van der Waals surface area contributed by atoms with Crippen LogP contribution in [0.1, 0.15) is 0 Å². The third-order valence-electron chi connectivity index (χ3n) is 0.424. The van der Waals surface area contributed by atoms with Gasteiger partial charge < -0.3 is 0 Å². The zero-order valence-corrected chi connectivity index (χ0v) is 11.1. The molecule has 0 aliphatic rings. The Balaban J connectivity index is -0.000000320. The molecule has 0 bridgehead atoms. The fraction of sp³-hybridized carbons (Fsp3) is 0. The summed E-state index contributed by atoms with van der Waals surface area (Å²) in [5, 5.41) is 37.9. The second-order valence-electron chi connectivity index (χ2n) is 0.757. The van der Waals surface area contributed by atoms with E-state index < -0.39 is 12.4 Å². The Labute approximate surface area is 111 Å². The minimum absolute atomic E-state index is 0. The monoisotopic (exact) mass is 208 g/mol. The van der Waals surface area contributed by atoms with Crippen molar-refractivity contribution < 1.29 is 71.5 Å². The zero-order chi connectivity index (χ0) is 7.33. The smallest absolute Gasteiger partial charge is 1.00 e. The van der Waals surface area contributed by atoms with Crippen molar-refractivity contribution >= 4 is 0 Å². The molecule has 0 atom stereocenters. The first-order valence-corrected chi connectivity index (χ1v) is 3.50. The maximum Gasteiger partial charge on any atom is 1.00 e.